The number of rotatable bonds is 13. The first-order chi connectivity index (χ1) is 17.5. The van der Waals surface area contributed by atoms with Gasteiger partial charge in [-0.15, -0.1) is 0 Å². The van der Waals surface area contributed by atoms with Crippen LogP contribution in [0.15, 0.2) is 48.5 Å². The van der Waals surface area contributed by atoms with Gasteiger partial charge < -0.3 is 4.74 Å². The van der Waals surface area contributed by atoms with Crippen LogP contribution in [-0.2, 0) is 32.2 Å². The first-order valence-electron chi connectivity index (χ1n) is 13.2. The number of sulfonamides is 2. The lowest BCUT2D eigenvalue weighted by Gasteiger charge is -2.32. The van der Waals surface area contributed by atoms with Gasteiger partial charge in [-0.25, -0.2) is 26.3 Å². The zero-order chi connectivity index (χ0) is 27.1. The number of nitrogens with one attached hydrogen (secondary N) is 2. The van der Waals surface area contributed by atoms with Crippen LogP contribution in [0.1, 0.15) is 69.1 Å². The first-order valence-corrected chi connectivity index (χ1v) is 16.4. The molecule has 37 heavy (non-hydrogen) atoms. The van der Waals surface area contributed by atoms with Gasteiger partial charge in [0, 0.05) is 13.1 Å². The van der Waals surface area contributed by atoms with Gasteiger partial charge in [0.05, 0.1) is 18.1 Å². The van der Waals surface area contributed by atoms with Crippen LogP contribution in [0.25, 0.3) is 0 Å². The van der Waals surface area contributed by atoms with Gasteiger partial charge in [-0.05, 0) is 92.5 Å². The average Bonchev–Trinajstić information content (AvgIpc) is 2.88. The van der Waals surface area contributed by atoms with Crippen LogP contribution in [0.2, 0.25) is 0 Å². The van der Waals surface area contributed by atoms with Crippen LogP contribution in [0.3, 0.4) is 0 Å². The van der Waals surface area contributed by atoms with E-state index in [1.54, 1.807) is 45.2 Å². The van der Waals surface area contributed by atoms with Gasteiger partial charge in [-0.2, -0.15) is 0 Å². The quantitative estimate of drug-likeness (QED) is 0.380. The van der Waals surface area contributed by atoms with E-state index in [9.17, 15) is 16.8 Å². The fourth-order valence-electron chi connectivity index (χ4n) is 4.90. The van der Waals surface area contributed by atoms with E-state index in [-0.39, 0.29) is 5.75 Å². The third-order valence-electron chi connectivity index (χ3n) is 7.51. The molecule has 0 bridgehead atoms. The summed E-state index contributed by atoms with van der Waals surface area (Å²) in [5.41, 5.74) is 3.16. The molecule has 1 aliphatic rings. The molecule has 3 rings (SSSR count). The van der Waals surface area contributed by atoms with Gasteiger partial charge in [-0.3, -0.25) is 0 Å². The predicted octanol–water partition coefficient (Wildman–Crippen LogP) is 4.60. The van der Waals surface area contributed by atoms with Crippen LogP contribution in [0.5, 0.6) is 5.75 Å². The minimum absolute atomic E-state index is 0.0547. The maximum absolute atomic E-state index is 12.4. The highest BCUT2D eigenvalue weighted by Gasteiger charge is 2.27. The monoisotopic (exact) mass is 550 g/mol. The Hall–Kier alpha value is -1.94. The molecule has 1 atom stereocenters. The summed E-state index contributed by atoms with van der Waals surface area (Å²) >= 11 is 0. The molecular formula is C28H42N2O5S2. The first kappa shape index (κ1) is 29.6. The zero-order valence-corrected chi connectivity index (χ0v) is 24.1. The van der Waals surface area contributed by atoms with E-state index in [2.05, 4.69) is 40.6 Å². The lowest BCUT2D eigenvalue weighted by molar-refractivity contribution is 0.246. The third-order valence-corrected chi connectivity index (χ3v) is 10.7. The Morgan fingerprint density at radius 2 is 1.43 bits per heavy atom. The molecule has 0 amide bonds. The molecule has 206 valence electrons. The van der Waals surface area contributed by atoms with Gasteiger partial charge in [-0.1, -0.05) is 43.3 Å². The fourth-order valence-corrected chi connectivity index (χ4v) is 6.88. The average molecular weight is 551 g/mol. The second kappa shape index (κ2) is 13.2. The number of hydrogen-bond acceptors (Lipinski definition) is 5. The van der Waals surface area contributed by atoms with Crippen LogP contribution in [0.4, 0.5) is 0 Å². The molecule has 2 aromatic rings. The molecule has 0 aliphatic heterocycles. The lowest BCUT2D eigenvalue weighted by atomic mass is 9.74. The Balaban J connectivity index is 1.41. The highest BCUT2D eigenvalue weighted by molar-refractivity contribution is 7.90. The van der Waals surface area contributed by atoms with E-state index < -0.39 is 25.3 Å². The largest absolute Gasteiger partial charge is 0.497 e. The maximum atomic E-state index is 12.4. The van der Waals surface area contributed by atoms with Crippen molar-refractivity contribution in [1.29, 1.82) is 0 Å². The van der Waals surface area contributed by atoms with E-state index in [4.69, 9.17) is 4.74 Å². The topological polar surface area (TPSA) is 102 Å². The zero-order valence-electron chi connectivity index (χ0n) is 22.4. The predicted molar refractivity (Wildman–Crippen MR) is 150 cm³/mol. The second-order valence-electron chi connectivity index (χ2n) is 10.5. The van der Waals surface area contributed by atoms with Crippen molar-refractivity contribution >= 4 is 20.0 Å². The van der Waals surface area contributed by atoms with Crippen molar-refractivity contribution in [2.45, 2.75) is 69.8 Å². The van der Waals surface area contributed by atoms with E-state index in [0.29, 0.717) is 43.0 Å². The number of benzene rings is 2. The van der Waals surface area contributed by atoms with Crippen LogP contribution < -0.4 is 14.2 Å². The standard InChI is InChI=1S/C28H42N2O5S2/c1-21(2)37(33,34)30-19-22(3)25-11-13-27(14-12-25)26-9-5-23(6-10-26)17-18-29-36(31,32)20-24-7-15-28(35-4)16-8-24/h5-10,15-16,21-22,25,27,29-30H,11-14,17-20H2,1-4H3. The van der Waals surface area contributed by atoms with Crippen molar-refractivity contribution < 1.29 is 21.6 Å². The van der Waals surface area contributed by atoms with Gasteiger partial charge in [0.1, 0.15) is 5.75 Å². The van der Waals surface area contributed by atoms with Crippen molar-refractivity contribution in [3.63, 3.8) is 0 Å². The molecule has 2 aromatic carbocycles. The molecule has 7 nitrogen and oxygen atoms in total. The van der Waals surface area contributed by atoms with E-state index >= 15 is 0 Å². The highest BCUT2D eigenvalue weighted by atomic mass is 32.2. The maximum Gasteiger partial charge on any atom is 0.215 e. The van der Waals surface area contributed by atoms with Crippen LogP contribution in [-0.4, -0.2) is 42.3 Å². The molecule has 0 heterocycles. The molecule has 1 aliphatic carbocycles. The second-order valence-corrected chi connectivity index (χ2v) is 14.7. The van der Waals surface area contributed by atoms with Gasteiger partial charge in [0.25, 0.3) is 0 Å². The molecule has 1 saturated carbocycles. The Morgan fingerprint density at radius 3 is 2.00 bits per heavy atom. The molecule has 9 heteroatoms. The molecule has 0 radical (unpaired) electrons. The van der Waals surface area contributed by atoms with Gasteiger partial charge in [0.2, 0.25) is 20.0 Å². The summed E-state index contributed by atoms with van der Waals surface area (Å²) in [6, 6.07) is 15.6. The minimum atomic E-state index is -3.41. The summed E-state index contributed by atoms with van der Waals surface area (Å²) < 4.78 is 59.5. The van der Waals surface area contributed by atoms with Crippen molar-refractivity contribution in [2.24, 2.45) is 11.8 Å². The van der Waals surface area contributed by atoms with Crippen molar-refractivity contribution in [3.05, 3.63) is 65.2 Å². The molecule has 0 spiro atoms. The summed E-state index contributed by atoms with van der Waals surface area (Å²) in [6.45, 7) is 6.42. The van der Waals surface area contributed by atoms with Crippen LogP contribution >= 0.6 is 0 Å². The SMILES string of the molecule is COc1ccc(CS(=O)(=O)NCCc2ccc(C3CCC(C(C)CNS(=O)(=O)C(C)C)CC3)cc2)cc1. The molecule has 0 aromatic heterocycles. The molecule has 1 unspecified atom stereocenters. The summed E-state index contributed by atoms with van der Waals surface area (Å²) in [4.78, 5) is 0. The molecule has 1 fully saturated rings. The minimum Gasteiger partial charge on any atom is -0.497 e. The van der Waals surface area contributed by atoms with Crippen LogP contribution in [0, 0.1) is 11.8 Å². The van der Waals surface area contributed by atoms with Crippen molar-refractivity contribution in [3.8, 4) is 5.75 Å². The fraction of sp³-hybridized carbons (Fsp3) is 0.571. The van der Waals surface area contributed by atoms with Gasteiger partial charge >= 0.3 is 0 Å². The summed E-state index contributed by atoms with van der Waals surface area (Å²) in [7, 11) is -5.04. The van der Waals surface area contributed by atoms with Gasteiger partial charge in [0.15, 0.2) is 0 Å². The summed E-state index contributed by atoms with van der Waals surface area (Å²) in [6.07, 6.45) is 5.06. The molecular weight excluding hydrogens is 508 g/mol. The van der Waals surface area contributed by atoms with Crippen molar-refractivity contribution in [1.82, 2.24) is 9.44 Å². The Labute approximate surface area is 223 Å². The van der Waals surface area contributed by atoms with E-state index in [0.717, 1.165) is 36.8 Å². The Bertz CT molecular complexity index is 1190. The van der Waals surface area contributed by atoms with E-state index in [1.807, 2.05) is 0 Å². The van der Waals surface area contributed by atoms with Crippen molar-refractivity contribution in [2.75, 3.05) is 20.2 Å². The smallest absolute Gasteiger partial charge is 0.215 e. The number of ether oxygens (including phenoxy) is 1. The number of hydrogen-bond donors (Lipinski definition) is 2. The normalized spacial score (nSPS) is 19.6. The van der Waals surface area contributed by atoms with E-state index in [1.165, 1.54) is 5.56 Å². The lowest BCUT2D eigenvalue weighted by Crippen LogP contribution is -2.36. The summed E-state index contributed by atoms with van der Waals surface area (Å²) in [5, 5.41) is -0.405. The number of methoxy groups -OCH3 is 1. The molecule has 2 N–H and O–H groups in total. The molecule has 0 saturated heterocycles. The highest BCUT2D eigenvalue weighted by Crippen LogP contribution is 2.38. The Kier molecular flexibility index (Phi) is 10.6. The summed E-state index contributed by atoms with van der Waals surface area (Å²) in [5.74, 6) is 2.03. The third kappa shape index (κ3) is 9.09. The Morgan fingerprint density at radius 1 is 0.838 bits per heavy atom.